The summed E-state index contributed by atoms with van der Waals surface area (Å²) < 4.78 is 0. The molecule has 0 saturated heterocycles. The molecule has 0 radical (unpaired) electrons. The highest BCUT2D eigenvalue weighted by Crippen LogP contribution is 2.28. The van der Waals surface area contributed by atoms with E-state index >= 15 is 0 Å². The van der Waals surface area contributed by atoms with Crippen LogP contribution in [0.1, 0.15) is 65.2 Å². The fourth-order valence-electron chi connectivity index (χ4n) is 2.99. The summed E-state index contributed by atoms with van der Waals surface area (Å²) in [4.78, 5) is 11.6. The fourth-order valence-corrected chi connectivity index (χ4v) is 4.17. The van der Waals surface area contributed by atoms with Crippen LogP contribution in [-0.4, -0.2) is 34.7 Å². The van der Waals surface area contributed by atoms with Gasteiger partial charge in [0, 0.05) is 0 Å². The van der Waals surface area contributed by atoms with Crippen LogP contribution in [0.3, 0.4) is 0 Å². The van der Waals surface area contributed by atoms with Gasteiger partial charge < -0.3 is 10.4 Å². The zero-order valence-corrected chi connectivity index (χ0v) is 13.9. The van der Waals surface area contributed by atoms with Crippen molar-refractivity contribution in [2.45, 2.75) is 70.8 Å². The lowest BCUT2D eigenvalue weighted by Gasteiger charge is -2.29. The van der Waals surface area contributed by atoms with Gasteiger partial charge >= 0.3 is 5.97 Å². The monoisotopic (exact) mass is 301 g/mol. The van der Waals surface area contributed by atoms with Gasteiger partial charge in [0.25, 0.3) is 0 Å². The summed E-state index contributed by atoms with van der Waals surface area (Å²) in [6.07, 6.45) is 9.00. The molecule has 1 unspecified atom stereocenters. The summed E-state index contributed by atoms with van der Waals surface area (Å²) in [6.45, 7) is 4.84. The molecule has 0 heterocycles. The van der Waals surface area contributed by atoms with Gasteiger partial charge in [-0.15, -0.1) is 0 Å². The van der Waals surface area contributed by atoms with E-state index in [-0.39, 0.29) is 0 Å². The first-order chi connectivity index (χ1) is 9.64. The summed E-state index contributed by atoms with van der Waals surface area (Å²) in [5.41, 5.74) is -0.704. The maximum atomic E-state index is 11.6. The molecule has 0 aromatic carbocycles. The van der Waals surface area contributed by atoms with Crippen molar-refractivity contribution >= 4 is 17.7 Å². The van der Waals surface area contributed by atoms with Crippen molar-refractivity contribution in [2.75, 3.05) is 18.1 Å². The van der Waals surface area contributed by atoms with Crippen molar-refractivity contribution in [3.05, 3.63) is 0 Å². The minimum absolute atomic E-state index is 0.662. The minimum atomic E-state index is -0.704. The van der Waals surface area contributed by atoms with Gasteiger partial charge in [-0.1, -0.05) is 26.7 Å². The van der Waals surface area contributed by atoms with Crippen LogP contribution >= 0.6 is 11.8 Å². The zero-order valence-electron chi connectivity index (χ0n) is 13.1. The second kappa shape index (κ2) is 9.67. The highest BCUT2D eigenvalue weighted by molar-refractivity contribution is 7.99. The van der Waals surface area contributed by atoms with E-state index in [0.29, 0.717) is 6.42 Å². The van der Waals surface area contributed by atoms with Crippen LogP contribution in [0.25, 0.3) is 0 Å². The third-order valence-electron chi connectivity index (χ3n) is 4.45. The van der Waals surface area contributed by atoms with Crippen LogP contribution in [0.5, 0.6) is 0 Å². The molecule has 4 heteroatoms. The lowest BCUT2D eigenvalue weighted by Crippen LogP contribution is -2.52. The van der Waals surface area contributed by atoms with Gasteiger partial charge in [0.15, 0.2) is 0 Å². The van der Waals surface area contributed by atoms with Crippen LogP contribution in [0.2, 0.25) is 0 Å². The lowest BCUT2D eigenvalue weighted by atomic mass is 9.90. The van der Waals surface area contributed by atoms with E-state index in [9.17, 15) is 9.90 Å². The molecule has 1 aliphatic rings. The van der Waals surface area contributed by atoms with Crippen molar-refractivity contribution in [3.8, 4) is 0 Å². The number of nitrogens with one attached hydrogen (secondary N) is 1. The number of thioether (sulfide) groups is 1. The Hall–Kier alpha value is -0.220. The van der Waals surface area contributed by atoms with Crippen LogP contribution in [0.4, 0.5) is 0 Å². The number of carboxylic acids is 1. The Bertz CT molecular complexity index is 280. The molecule has 1 fully saturated rings. The number of aliphatic carboxylic acids is 1. The molecule has 0 amide bonds. The maximum Gasteiger partial charge on any atom is 0.323 e. The predicted octanol–water partition coefficient (Wildman–Crippen LogP) is 3.92. The molecule has 20 heavy (non-hydrogen) atoms. The van der Waals surface area contributed by atoms with E-state index in [2.05, 4.69) is 12.2 Å². The van der Waals surface area contributed by atoms with Crippen molar-refractivity contribution in [1.82, 2.24) is 5.32 Å². The van der Waals surface area contributed by atoms with Gasteiger partial charge in [0.1, 0.15) is 5.54 Å². The van der Waals surface area contributed by atoms with Crippen LogP contribution < -0.4 is 5.32 Å². The topological polar surface area (TPSA) is 49.3 Å². The molecule has 0 aromatic rings. The summed E-state index contributed by atoms with van der Waals surface area (Å²) in [7, 11) is 0. The van der Waals surface area contributed by atoms with Crippen LogP contribution in [0, 0.1) is 5.92 Å². The Labute approximate surface area is 128 Å². The molecule has 1 rings (SSSR count). The Balaban J connectivity index is 2.24. The molecule has 2 N–H and O–H groups in total. The molecule has 118 valence electrons. The maximum absolute atomic E-state index is 11.6. The Morgan fingerprint density at radius 2 is 2.05 bits per heavy atom. The lowest BCUT2D eigenvalue weighted by molar-refractivity contribution is -0.145. The SMILES string of the molecule is CCCNC(CC)(CCCSCC1CCCC1)C(=O)O. The number of rotatable bonds is 11. The smallest absolute Gasteiger partial charge is 0.323 e. The van der Waals surface area contributed by atoms with Crippen LogP contribution in [-0.2, 0) is 4.79 Å². The molecule has 1 atom stereocenters. The highest BCUT2D eigenvalue weighted by Gasteiger charge is 2.35. The van der Waals surface area contributed by atoms with Gasteiger partial charge in [0.2, 0.25) is 0 Å². The van der Waals surface area contributed by atoms with Crippen LogP contribution in [0.15, 0.2) is 0 Å². The van der Waals surface area contributed by atoms with Crippen molar-refractivity contribution in [3.63, 3.8) is 0 Å². The largest absolute Gasteiger partial charge is 0.480 e. The van der Waals surface area contributed by atoms with E-state index in [1.165, 1.54) is 31.4 Å². The third-order valence-corrected chi connectivity index (χ3v) is 5.73. The van der Waals surface area contributed by atoms with Gasteiger partial charge in [-0.3, -0.25) is 4.79 Å². The summed E-state index contributed by atoms with van der Waals surface area (Å²) in [5.74, 6) is 2.61. The number of hydrogen-bond acceptors (Lipinski definition) is 3. The Morgan fingerprint density at radius 3 is 2.60 bits per heavy atom. The van der Waals surface area contributed by atoms with Gasteiger partial charge in [-0.2, -0.15) is 11.8 Å². The summed E-state index contributed by atoms with van der Waals surface area (Å²) in [6, 6.07) is 0. The molecule has 1 saturated carbocycles. The molecule has 0 aliphatic heterocycles. The summed E-state index contributed by atoms with van der Waals surface area (Å²) in [5, 5.41) is 12.8. The molecule has 0 aromatic heterocycles. The van der Waals surface area contributed by atoms with E-state index in [0.717, 1.165) is 37.5 Å². The minimum Gasteiger partial charge on any atom is -0.480 e. The molecular weight excluding hydrogens is 270 g/mol. The third kappa shape index (κ3) is 5.65. The average Bonchev–Trinajstić information content (AvgIpc) is 2.95. The van der Waals surface area contributed by atoms with Crippen molar-refractivity contribution < 1.29 is 9.90 Å². The molecule has 1 aliphatic carbocycles. The first-order valence-corrected chi connectivity index (χ1v) is 9.36. The van der Waals surface area contributed by atoms with Gasteiger partial charge in [0.05, 0.1) is 0 Å². The van der Waals surface area contributed by atoms with Crippen molar-refractivity contribution in [1.29, 1.82) is 0 Å². The van der Waals surface area contributed by atoms with E-state index in [4.69, 9.17) is 0 Å². The Morgan fingerprint density at radius 1 is 1.35 bits per heavy atom. The number of carboxylic acid groups (broad SMARTS) is 1. The fraction of sp³-hybridized carbons (Fsp3) is 0.938. The summed E-state index contributed by atoms with van der Waals surface area (Å²) >= 11 is 2.02. The first-order valence-electron chi connectivity index (χ1n) is 8.20. The average molecular weight is 301 g/mol. The van der Waals surface area contributed by atoms with Crippen molar-refractivity contribution in [2.24, 2.45) is 5.92 Å². The van der Waals surface area contributed by atoms with E-state index in [1.807, 2.05) is 18.7 Å². The second-order valence-corrected chi connectivity index (χ2v) is 7.15. The van der Waals surface area contributed by atoms with Gasteiger partial charge in [-0.25, -0.2) is 0 Å². The van der Waals surface area contributed by atoms with E-state index < -0.39 is 11.5 Å². The molecule has 0 bridgehead atoms. The number of hydrogen-bond donors (Lipinski definition) is 2. The first kappa shape index (κ1) is 17.8. The molecule has 3 nitrogen and oxygen atoms in total. The van der Waals surface area contributed by atoms with Gasteiger partial charge in [-0.05, 0) is 62.5 Å². The Kier molecular flexibility index (Phi) is 8.62. The van der Waals surface area contributed by atoms with E-state index in [1.54, 1.807) is 0 Å². The standard InChI is InChI=1S/C16H31NO2S/c1-3-11-17-16(4-2,15(18)19)10-7-12-20-13-14-8-5-6-9-14/h14,17H,3-13H2,1-2H3,(H,18,19). The number of carbonyl (C=O) groups is 1. The highest BCUT2D eigenvalue weighted by atomic mass is 32.2. The quantitative estimate of drug-likeness (QED) is 0.568. The second-order valence-electron chi connectivity index (χ2n) is 6.00. The zero-order chi connectivity index (χ0) is 14.8. The molecular formula is C16H31NO2S. The molecule has 0 spiro atoms. The predicted molar refractivity (Wildman–Crippen MR) is 87.5 cm³/mol. The normalized spacial score (nSPS) is 19.1.